The van der Waals surface area contributed by atoms with Crippen LogP contribution in [0.15, 0.2) is 35.5 Å². The van der Waals surface area contributed by atoms with Crippen molar-refractivity contribution in [1.29, 1.82) is 0 Å². The number of H-pyrrole nitrogens is 1. The van der Waals surface area contributed by atoms with Gasteiger partial charge in [-0.3, -0.25) is 0 Å². The number of aromatic amines is 1. The summed E-state index contributed by atoms with van der Waals surface area (Å²) in [6.07, 6.45) is 2.81. The fraction of sp³-hybridized carbons (Fsp3) is 0. The van der Waals surface area contributed by atoms with Gasteiger partial charge in [-0.1, -0.05) is 11.6 Å². The van der Waals surface area contributed by atoms with Gasteiger partial charge in [0.2, 0.25) is 5.95 Å². The molecule has 0 radical (unpaired) electrons. The van der Waals surface area contributed by atoms with Crippen LogP contribution in [0.3, 0.4) is 0 Å². The summed E-state index contributed by atoms with van der Waals surface area (Å²) in [4.78, 5) is 16.8. The number of imidazole rings is 1. The normalized spacial score (nSPS) is 11.2. The standard InChI is InChI=1S/C10H8ClN3O4S/c11-7-2-1-6(9(15)16)5-8(7)19(17,18)14-10-12-3-4-13-10/h1-5H,(H,15,16)(H2,12,13,14). The molecular weight excluding hydrogens is 294 g/mol. The van der Waals surface area contributed by atoms with E-state index in [0.29, 0.717) is 0 Å². The first-order chi connectivity index (χ1) is 8.90. The van der Waals surface area contributed by atoms with Gasteiger partial charge in [-0.25, -0.2) is 22.9 Å². The van der Waals surface area contributed by atoms with E-state index in [1.165, 1.54) is 24.5 Å². The molecule has 0 bridgehead atoms. The van der Waals surface area contributed by atoms with E-state index in [9.17, 15) is 13.2 Å². The number of hydrogen-bond donors (Lipinski definition) is 3. The lowest BCUT2D eigenvalue weighted by Crippen LogP contribution is -2.15. The van der Waals surface area contributed by atoms with Gasteiger partial charge in [0.25, 0.3) is 10.0 Å². The molecule has 0 saturated carbocycles. The molecule has 0 saturated heterocycles. The predicted octanol–water partition coefficient (Wildman–Crippen LogP) is 1.56. The molecule has 9 heteroatoms. The van der Waals surface area contributed by atoms with Crippen LogP contribution in [0.4, 0.5) is 5.95 Å². The van der Waals surface area contributed by atoms with E-state index in [-0.39, 0.29) is 21.4 Å². The number of carbonyl (C=O) groups is 1. The molecule has 1 aromatic carbocycles. The second-order valence-electron chi connectivity index (χ2n) is 3.49. The molecule has 0 spiro atoms. The third-order valence-electron chi connectivity index (χ3n) is 2.20. The fourth-order valence-electron chi connectivity index (χ4n) is 1.35. The maximum Gasteiger partial charge on any atom is 0.335 e. The van der Waals surface area contributed by atoms with E-state index in [1.807, 2.05) is 0 Å². The summed E-state index contributed by atoms with van der Waals surface area (Å²) in [5, 5.41) is 8.77. The van der Waals surface area contributed by atoms with E-state index >= 15 is 0 Å². The second kappa shape index (κ2) is 4.90. The predicted molar refractivity (Wildman–Crippen MR) is 67.8 cm³/mol. The van der Waals surface area contributed by atoms with Crippen LogP contribution in [0.1, 0.15) is 10.4 Å². The Morgan fingerprint density at radius 1 is 1.42 bits per heavy atom. The third kappa shape index (κ3) is 2.85. The average Bonchev–Trinajstić information content (AvgIpc) is 2.81. The van der Waals surface area contributed by atoms with Crippen LogP contribution in [0.2, 0.25) is 5.02 Å². The number of nitrogens with one attached hydrogen (secondary N) is 2. The molecule has 19 heavy (non-hydrogen) atoms. The zero-order chi connectivity index (χ0) is 14.0. The molecule has 0 aliphatic carbocycles. The number of nitrogens with zero attached hydrogens (tertiary/aromatic N) is 1. The van der Waals surface area contributed by atoms with Crippen molar-refractivity contribution >= 4 is 33.5 Å². The van der Waals surface area contributed by atoms with Crippen molar-refractivity contribution in [2.45, 2.75) is 4.90 Å². The highest BCUT2D eigenvalue weighted by atomic mass is 35.5. The quantitative estimate of drug-likeness (QED) is 0.793. The number of carboxylic acids is 1. The topological polar surface area (TPSA) is 112 Å². The molecule has 0 aliphatic rings. The van der Waals surface area contributed by atoms with E-state index < -0.39 is 16.0 Å². The maximum atomic E-state index is 12.0. The first kappa shape index (κ1) is 13.4. The average molecular weight is 302 g/mol. The van der Waals surface area contributed by atoms with E-state index in [0.717, 1.165) is 6.07 Å². The number of halogens is 1. The molecule has 0 fully saturated rings. The first-order valence-corrected chi connectivity index (χ1v) is 6.81. The van der Waals surface area contributed by atoms with E-state index in [1.54, 1.807) is 0 Å². The number of hydrogen-bond acceptors (Lipinski definition) is 4. The summed E-state index contributed by atoms with van der Waals surface area (Å²) >= 11 is 5.78. The molecular formula is C10H8ClN3O4S. The SMILES string of the molecule is O=C(O)c1ccc(Cl)c(S(=O)(=O)Nc2ncc[nH]2)c1. The van der Waals surface area contributed by atoms with Gasteiger partial charge >= 0.3 is 5.97 Å². The molecule has 1 heterocycles. The maximum absolute atomic E-state index is 12.0. The Labute approximate surface area is 113 Å². The van der Waals surface area contributed by atoms with Crippen LogP contribution in [0, 0.1) is 0 Å². The van der Waals surface area contributed by atoms with Crippen LogP contribution in [0.5, 0.6) is 0 Å². The van der Waals surface area contributed by atoms with Gasteiger partial charge in [0, 0.05) is 12.4 Å². The lowest BCUT2D eigenvalue weighted by atomic mass is 10.2. The van der Waals surface area contributed by atoms with Crippen LogP contribution in [-0.2, 0) is 10.0 Å². The lowest BCUT2D eigenvalue weighted by molar-refractivity contribution is 0.0696. The summed E-state index contributed by atoms with van der Waals surface area (Å²) in [7, 11) is -4.01. The zero-order valence-corrected chi connectivity index (χ0v) is 10.9. The van der Waals surface area contributed by atoms with Crippen molar-refractivity contribution < 1.29 is 18.3 Å². The molecule has 0 amide bonds. The lowest BCUT2D eigenvalue weighted by Gasteiger charge is -2.08. The van der Waals surface area contributed by atoms with Crippen molar-refractivity contribution in [2.24, 2.45) is 0 Å². The number of carboxylic acid groups (broad SMARTS) is 1. The molecule has 1 aromatic heterocycles. The highest BCUT2D eigenvalue weighted by molar-refractivity contribution is 7.92. The van der Waals surface area contributed by atoms with Crippen LogP contribution < -0.4 is 4.72 Å². The van der Waals surface area contributed by atoms with E-state index in [4.69, 9.17) is 16.7 Å². The molecule has 0 unspecified atom stereocenters. The van der Waals surface area contributed by atoms with Gasteiger partial charge in [-0.15, -0.1) is 0 Å². The summed E-state index contributed by atoms with van der Waals surface area (Å²) in [6, 6.07) is 3.41. The number of rotatable bonds is 4. The molecule has 0 atom stereocenters. The minimum atomic E-state index is -4.01. The van der Waals surface area contributed by atoms with Crippen molar-refractivity contribution in [3.8, 4) is 0 Å². The number of aromatic nitrogens is 2. The van der Waals surface area contributed by atoms with Crippen LogP contribution >= 0.6 is 11.6 Å². The Bertz CT molecular complexity index is 712. The van der Waals surface area contributed by atoms with Gasteiger partial charge in [0.15, 0.2) is 0 Å². The Hall–Kier alpha value is -2.06. The van der Waals surface area contributed by atoms with Gasteiger partial charge in [-0.05, 0) is 18.2 Å². The van der Waals surface area contributed by atoms with Gasteiger partial charge in [0.05, 0.1) is 10.6 Å². The molecule has 100 valence electrons. The fourth-order valence-corrected chi connectivity index (χ4v) is 2.85. The first-order valence-electron chi connectivity index (χ1n) is 4.95. The van der Waals surface area contributed by atoms with Crippen LogP contribution in [-0.4, -0.2) is 29.5 Å². The zero-order valence-electron chi connectivity index (χ0n) is 9.29. The highest BCUT2D eigenvalue weighted by Crippen LogP contribution is 2.24. The van der Waals surface area contributed by atoms with E-state index in [2.05, 4.69) is 14.7 Å². The molecule has 7 nitrogen and oxygen atoms in total. The summed E-state index contributed by atoms with van der Waals surface area (Å²) < 4.78 is 26.2. The Kier molecular flexibility index (Phi) is 3.45. The minimum Gasteiger partial charge on any atom is -0.478 e. The molecule has 0 aliphatic heterocycles. The van der Waals surface area contributed by atoms with Gasteiger partial charge in [0.1, 0.15) is 4.90 Å². The summed E-state index contributed by atoms with van der Waals surface area (Å²) in [5.41, 5.74) is -0.177. The third-order valence-corrected chi connectivity index (χ3v) is 4.02. The Balaban J connectivity index is 2.45. The molecule has 2 rings (SSSR count). The van der Waals surface area contributed by atoms with Crippen LogP contribution in [0.25, 0.3) is 0 Å². The largest absolute Gasteiger partial charge is 0.478 e. The monoisotopic (exact) mass is 301 g/mol. The molecule has 3 N–H and O–H groups in total. The summed E-state index contributed by atoms with van der Waals surface area (Å²) in [6.45, 7) is 0. The van der Waals surface area contributed by atoms with Gasteiger partial charge < -0.3 is 10.1 Å². The van der Waals surface area contributed by atoms with Crippen molar-refractivity contribution in [1.82, 2.24) is 9.97 Å². The van der Waals surface area contributed by atoms with Gasteiger partial charge in [-0.2, -0.15) is 0 Å². The molecule has 2 aromatic rings. The number of benzene rings is 1. The van der Waals surface area contributed by atoms with Crippen molar-refractivity contribution in [3.05, 3.63) is 41.2 Å². The van der Waals surface area contributed by atoms with Crippen molar-refractivity contribution in [2.75, 3.05) is 4.72 Å². The number of anilines is 1. The second-order valence-corrected chi connectivity index (χ2v) is 5.55. The minimum absolute atomic E-state index is 0.0109. The number of aromatic carboxylic acids is 1. The van der Waals surface area contributed by atoms with Crippen molar-refractivity contribution in [3.63, 3.8) is 0 Å². The Morgan fingerprint density at radius 2 is 2.16 bits per heavy atom. The summed E-state index contributed by atoms with van der Waals surface area (Å²) in [5.74, 6) is -1.23. The highest BCUT2D eigenvalue weighted by Gasteiger charge is 2.20. The smallest absolute Gasteiger partial charge is 0.335 e. The Morgan fingerprint density at radius 3 is 2.74 bits per heavy atom. The number of sulfonamides is 1.